The monoisotopic (exact) mass is 315 g/mol. The summed E-state index contributed by atoms with van der Waals surface area (Å²) in [5.41, 5.74) is 1.45. The Morgan fingerprint density at radius 2 is 2.07 bits per heavy atom. The van der Waals surface area contributed by atoms with Crippen LogP contribution in [-0.4, -0.2) is 22.4 Å². The molecule has 0 radical (unpaired) electrons. The minimum absolute atomic E-state index is 0.950. The van der Waals surface area contributed by atoms with Crippen molar-refractivity contribution in [3.05, 3.63) is 35.9 Å². The summed E-state index contributed by atoms with van der Waals surface area (Å²) in [5, 5.41) is 0. The first-order valence-corrected chi connectivity index (χ1v) is 7.23. The molecular weight excluding hydrogens is 297 g/mol. The molecule has 2 heteroatoms. The molecule has 1 nitrogen and oxygen atoms in total. The third-order valence-electron chi connectivity index (χ3n) is 3.14. The molecule has 0 bridgehead atoms. The van der Waals surface area contributed by atoms with Crippen LogP contribution in [0.5, 0.6) is 0 Å². The lowest BCUT2D eigenvalue weighted by atomic mass is 10.1. The van der Waals surface area contributed by atoms with Gasteiger partial charge in [-0.1, -0.05) is 52.9 Å². The standard InChI is InChI=1S/C13H18IN/c14-8-6-13-7-9-15(11-13)10-12-4-2-1-3-5-12/h1-5,13H,6-11H2/t13-/m1/s1. The number of likely N-dealkylation sites (tertiary alicyclic amines) is 1. The highest BCUT2D eigenvalue weighted by Crippen LogP contribution is 2.21. The molecule has 1 atom stereocenters. The maximum atomic E-state index is 2.59. The SMILES string of the molecule is ICC[C@@H]1CCN(Cc2ccccc2)C1. The molecular formula is C13H18IN. The van der Waals surface area contributed by atoms with Crippen LogP contribution in [0.15, 0.2) is 30.3 Å². The molecule has 1 aliphatic heterocycles. The number of nitrogens with zero attached hydrogens (tertiary/aromatic N) is 1. The Morgan fingerprint density at radius 1 is 1.27 bits per heavy atom. The molecule has 0 aliphatic carbocycles. The molecule has 2 rings (SSSR count). The van der Waals surface area contributed by atoms with Crippen molar-refractivity contribution in [3.8, 4) is 0 Å². The van der Waals surface area contributed by atoms with Gasteiger partial charge in [-0.05, 0) is 35.3 Å². The number of rotatable bonds is 4. The van der Waals surface area contributed by atoms with Crippen molar-refractivity contribution in [2.75, 3.05) is 17.5 Å². The fourth-order valence-corrected chi connectivity index (χ4v) is 3.17. The van der Waals surface area contributed by atoms with E-state index < -0.39 is 0 Å². The minimum atomic E-state index is 0.950. The van der Waals surface area contributed by atoms with Gasteiger partial charge in [-0.25, -0.2) is 0 Å². The zero-order valence-corrected chi connectivity index (χ0v) is 11.2. The van der Waals surface area contributed by atoms with Gasteiger partial charge in [-0.2, -0.15) is 0 Å². The van der Waals surface area contributed by atoms with Crippen LogP contribution < -0.4 is 0 Å². The molecule has 1 fully saturated rings. The van der Waals surface area contributed by atoms with Crippen molar-refractivity contribution in [1.82, 2.24) is 4.90 Å². The maximum absolute atomic E-state index is 2.59. The smallest absolute Gasteiger partial charge is 0.0233 e. The lowest BCUT2D eigenvalue weighted by Gasteiger charge is -2.15. The van der Waals surface area contributed by atoms with Crippen LogP contribution in [0.4, 0.5) is 0 Å². The molecule has 0 amide bonds. The van der Waals surface area contributed by atoms with Gasteiger partial charge in [-0.15, -0.1) is 0 Å². The lowest BCUT2D eigenvalue weighted by Crippen LogP contribution is -2.20. The van der Waals surface area contributed by atoms with Gasteiger partial charge in [0.25, 0.3) is 0 Å². The molecule has 0 aromatic heterocycles. The topological polar surface area (TPSA) is 3.24 Å². The second-order valence-electron chi connectivity index (χ2n) is 4.35. The van der Waals surface area contributed by atoms with Gasteiger partial charge in [0.15, 0.2) is 0 Å². The summed E-state index contributed by atoms with van der Waals surface area (Å²) in [5.74, 6) is 0.950. The van der Waals surface area contributed by atoms with E-state index in [1.165, 1.54) is 35.9 Å². The quantitative estimate of drug-likeness (QED) is 0.608. The van der Waals surface area contributed by atoms with E-state index in [0.717, 1.165) is 12.5 Å². The summed E-state index contributed by atoms with van der Waals surface area (Å²) < 4.78 is 1.31. The third-order valence-corrected chi connectivity index (χ3v) is 3.76. The summed E-state index contributed by atoms with van der Waals surface area (Å²) in [4.78, 5) is 2.59. The number of hydrogen-bond donors (Lipinski definition) is 0. The average molecular weight is 315 g/mol. The van der Waals surface area contributed by atoms with Crippen molar-refractivity contribution < 1.29 is 0 Å². The van der Waals surface area contributed by atoms with E-state index in [1.807, 2.05) is 0 Å². The van der Waals surface area contributed by atoms with E-state index in [2.05, 4.69) is 57.8 Å². The van der Waals surface area contributed by atoms with Crippen LogP contribution in [0, 0.1) is 5.92 Å². The predicted octanol–water partition coefficient (Wildman–Crippen LogP) is 3.33. The van der Waals surface area contributed by atoms with Crippen molar-refractivity contribution >= 4 is 22.6 Å². The van der Waals surface area contributed by atoms with Crippen molar-refractivity contribution in [2.24, 2.45) is 5.92 Å². The molecule has 0 saturated carbocycles. The predicted molar refractivity (Wildman–Crippen MR) is 73.3 cm³/mol. The van der Waals surface area contributed by atoms with E-state index in [-0.39, 0.29) is 0 Å². The number of hydrogen-bond acceptors (Lipinski definition) is 1. The Morgan fingerprint density at radius 3 is 2.80 bits per heavy atom. The van der Waals surface area contributed by atoms with E-state index in [4.69, 9.17) is 0 Å². The van der Waals surface area contributed by atoms with Crippen molar-refractivity contribution in [1.29, 1.82) is 0 Å². The first kappa shape index (κ1) is 11.4. The summed E-state index contributed by atoms with van der Waals surface area (Å²) >= 11 is 2.49. The summed E-state index contributed by atoms with van der Waals surface area (Å²) in [7, 11) is 0. The van der Waals surface area contributed by atoms with Crippen molar-refractivity contribution in [2.45, 2.75) is 19.4 Å². The Bertz CT molecular complexity index is 286. The molecule has 82 valence electrons. The van der Waals surface area contributed by atoms with Gasteiger partial charge >= 0.3 is 0 Å². The summed E-state index contributed by atoms with van der Waals surface area (Å²) in [6.45, 7) is 3.73. The maximum Gasteiger partial charge on any atom is 0.0233 e. The van der Waals surface area contributed by atoms with Crippen LogP contribution in [0.3, 0.4) is 0 Å². The van der Waals surface area contributed by atoms with Crippen LogP contribution in [0.2, 0.25) is 0 Å². The molecule has 1 saturated heterocycles. The first-order valence-electron chi connectivity index (χ1n) is 5.70. The van der Waals surface area contributed by atoms with E-state index in [0.29, 0.717) is 0 Å². The Hall–Kier alpha value is -0.0900. The number of halogens is 1. The van der Waals surface area contributed by atoms with Gasteiger partial charge in [0.05, 0.1) is 0 Å². The zero-order valence-electron chi connectivity index (χ0n) is 9.03. The third kappa shape index (κ3) is 3.45. The summed E-state index contributed by atoms with van der Waals surface area (Å²) in [6.07, 6.45) is 2.79. The molecule has 1 aromatic rings. The largest absolute Gasteiger partial charge is 0.299 e. The lowest BCUT2D eigenvalue weighted by molar-refractivity contribution is 0.316. The zero-order chi connectivity index (χ0) is 10.5. The van der Waals surface area contributed by atoms with Crippen LogP contribution in [0.1, 0.15) is 18.4 Å². The molecule has 0 N–H and O–H groups in total. The van der Waals surface area contributed by atoms with Gasteiger partial charge in [0, 0.05) is 13.1 Å². The fourth-order valence-electron chi connectivity index (χ4n) is 2.29. The number of benzene rings is 1. The van der Waals surface area contributed by atoms with E-state index in [9.17, 15) is 0 Å². The summed E-state index contributed by atoms with van der Waals surface area (Å²) in [6, 6.07) is 10.8. The molecule has 1 heterocycles. The van der Waals surface area contributed by atoms with Crippen molar-refractivity contribution in [3.63, 3.8) is 0 Å². The Kier molecular flexibility index (Phi) is 4.44. The normalized spacial score (nSPS) is 22.1. The molecule has 15 heavy (non-hydrogen) atoms. The van der Waals surface area contributed by atoms with Gasteiger partial charge in [-0.3, -0.25) is 4.90 Å². The van der Waals surface area contributed by atoms with Gasteiger partial charge in [0.2, 0.25) is 0 Å². The highest BCUT2D eigenvalue weighted by atomic mass is 127. The first-order chi connectivity index (χ1) is 7.38. The average Bonchev–Trinajstić information content (AvgIpc) is 2.68. The molecule has 0 unspecified atom stereocenters. The highest BCUT2D eigenvalue weighted by molar-refractivity contribution is 14.1. The molecule has 1 aromatic carbocycles. The van der Waals surface area contributed by atoms with Crippen LogP contribution in [0.25, 0.3) is 0 Å². The molecule has 1 aliphatic rings. The van der Waals surface area contributed by atoms with E-state index in [1.54, 1.807) is 0 Å². The molecule has 0 spiro atoms. The van der Waals surface area contributed by atoms with Crippen LogP contribution in [-0.2, 0) is 6.54 Å². The van der Waals surface area contributed by atoms with E-state index >= 15 is 0 Å². The van der Waals surface area contributed by atoms with Gasteiger partial charge in [0.1, 0.15) is 0 Å². The Balaban J connectivity index is 1.82. The second kappa shape index (κ2) is 5.85. The van der Waals surface area contributed by atoms with Gasteiger partial charge < -0.3 is 0 Å². The Labute approximate surface area is 106 Å². The number of alkyl halides is 1. The fraction of sp³-hybridized carbons (Fsp3) is 0.538. The second-order valence-corrected chi connectivity index (χ2v) is 5.43. The minimum Gasteiger partial charge on any atom is -0.299 e. The highest BCUT2D eigenvalue weighted by Gasteiger charge is 2.21. The van der Waals surface area contributed by atoms with Crippen LogP contribution >= 0.6 is 22.6 Å².